The highest BCUT2D eigenvalue weighted by Gasteiger charge is 2.44. The van der Waals surface area contributed by atoms with Crippen LogP contribution in [0.1, 0.15) is 39.2 Å². The number of carbonyl (C=O) groups excluding carboxylic acids is 1. The van der Waals surface area contributed by atoms with Gasteiger partial charge < -0.3 is 4.74 Å². The Morgan fingerprint density at radius 2 is 2.12 bits per heavy atom. The van der Waals surface area contributed by atoms with E-state index in [-0.39, 0.29) is 36.9 Å². The molecule has 0 radical (unpaired) electrons. The Morgan fingerprint density at radius 1 is 1.42 bits per heavy atom. The van der Waals surface area contributed by atoms with Crippen molar-refractivity contribution in [3.05, 3.63) is 46.3 Å². The third-order valence-corrected chi connectivity index (χ3v) is 5.95. The fourth-order valence-electron chi connectivity index (χ4n) is 2.69. The fraction of sp³-hybridized carbons (Fsp3) is 0.611. The highest BCUT2D eigenvalue weighted by Crippen LogP contribution is 2.43. The zero-order valence-corrected chi connectivity index (χ0v) is 16.2. The second-order valence-electron chi connectivity index (χ2n) is 7.53. The van der Waals surface area contributed by atoms with Gasteiger partial charge in [-0.3, -0.25) is 4.79 Å². The van der Waals surface area contributed by atoms with Crippen LogP contribution in [0, 0.1) is 11.8 Å². The summed E-state index contributed by atoms with van der Waals surface area (Å²) < 4.78 is 20.5. The van der Waals surface area contributed by atoms with Crippen LogP contribution in [0.15, 0.2) is 35.4 Å². The Balaban J connectivity index is 1.93. The number of nitrogens with one attached hydrogen (secondary N) is 1. The van der Waals surface area contributed by atoms with Crippen LogP contribution in [0.3, 0.4) is 0 Å². The molecule has 0 bridgehead atoms. The molecule has 1 fully saturated rings. The summed E-state index contributed by atoms with van der Waals surface area (Å²) in [5, 5.41) is 3.61. The van der Waals surface area contributed by atoms with E-state index in [9.17, 15) is 9.00 Å². The SMILES string of the molecule is CC(C)(C)[S@](=O)N[C@H](CC(=O)OCc1ccccc1)[C@H]1C[C@H]1CN=[N+]=[N-]. The molecule has 1 aromatic carbocycles. The lowest BCUT2D eigenvalue weighted by molar-refractivity contribution is -0.145. The predicted octanol–water partition coefficient (Wildman–Crippen LogP) is 3.49. The molecule has 1 aliphatic carbocycles. The summed E-state index contributed by atoms with van der Waals surface area (Å²) in [6.45, 7) is 6.27. The smallest absolute Gasteiger partial charge is 0.307 e. The second-order valence-corrected chi connectivity index (χ2v) is 9.53. The Hall–Kier alpha value is -1.89. The van der Waals surface area contributed by atoms with Crippen molar-refractivity contribution >= 4 is 17.0 Å². The average Bonchev–Trinajstić information content (AvgIpc) is 3.37. The van der Waals surface area contributed by atoms with E-state index in [4.69, 9.17) is 10.3 Å². The third-order valence-electron chi connectivity index (χ3n) is 4.32. The van der Waals surface area contributed by atoms with Crippen molar-refractivity contribution in [3.8, 4) is 0 Å². The van der Waals surface area contributed by atoms with Crippen molar-refractivity contribution in [2.45, 2.75) is 51.0 Å². The second kappa shape index (κ2) is 9.16. The van der Waals surface area contributed by atoms with E-state index in [1.807, 2.05) is 51.1 Å². The molecule has 0 amide bonds. The van der Waals surface area contributed by atoms with Crippen molar-refractivity contribution in [1.82, 2.24) is 4.72 Å². The molecule has 2 rings (SSSR count). The van der Waals surface area contributed by atoms with Gasteiger partial charge in [0, 0.05) is 17.5 Å². The van der Waals surface area contributed by atoms with Crippen molar-refractivity contribution in [2.75, 3.05) is 6.54 Å². The van der Waals surface area contributed by atoms with Crippen LogP contribution in [0.4, 0.5) is 0 Å². The summed E-state index contributed by atoms with van der Waals surface area (Å²) in [4.78, 5) is 15.1. The summed E-state index contributed by atoms with van der Waals surface area (Å²) in [6.07, 6.45) is 0.996. The van der Waals surface area contributed by atoms with Crippen LogP contribution in [0.25, 0.3) is 10.4 Å². The van der Waals surface area contributed by atoms with Crippen LogP contribution in [-0.2, 0) is 27.1 Å². The summed E-state index contributed by atoms with van der Waals surface area (Å²) in [7, 11) is -1.29. The zero-order chi connectivity index (χ0) is 19.2. The number of hydrogen-bond donors (Lipinski definition) is 1. The number of nitrogens with zero attached hydrogens (tertiary/aromatic N) is 3. The maximum absolute atomic E-state index is 12.5. The summed E-state index contributed by atoms with van der Waals surface area (Å²) >= 11 is 0. The highest BCUT2D eigenvalue weighted by molar-refractivity contribution is 7.84. The fourth-order valence-corrected chi connectivity index (χ4v) is 3.57. The Kier molecular flexibility index (Phi) is 7.20. The molecule has 0 saturated heterocycles. The minimum absolute atomic E-state index is 0.145. The number of ether oxygens (including phenoxy) is 1. The molecule has 0 spiro atoms. The summed E-state index contributed by atoms with van der Waals surface area (Å²) in [5.74, 6) is 0.0602. The zero-order valence-electron chi connectivity index (χ0n) is 15.4. The molecule has 1 aliphatic rings. The first kappa shape index (κ1) is 20.4. The third kappa shape index (κ3) is 6.44. The number of carbonyl (C=O) groups is 1. The van der Waals surface area contributed by atoms with E-state index in [1.54, 1.807) is 0 Å². The molecule has 1 N–H and O–H groups in total. The van der Waals surface area contributed by atoms with Gasteiger partial charge in [0.15, 0.2) is 0 Å². The monoisotopic (exact) mass is 378 g/mol. The minimum Gasteiger partial charge on any atom is -0.461 e. The van der Waals surface area contributed by atoms with Crippen LogP contribution in [0.5, 0.6) is 0 Å². The van der Waals surface area contributed by atoms with Gasteiger partial charge in [0.25, 0.3) is 0 Å². The number of azide groups is 1. The molecule has 4 atom stereocenters. The number of rotatable bonds is 9. The first-order valence-electron chi connectivity index (χ1n) is 8.69. The van der Waals surface area contributed by atoms with Gasteiger partial charge in [-0.2, -0.15) is 0 Å². The van der Waals surface area contributed by atoms with E-state index in [0.29, 0.717) is 6.54 Å². The maximum atomic E-state index is 12.5. The number of esters is 1. The van der Waals surface area contributed by atoms with Crippen LogP contribution in [0.2, 0.25) is 0 Å². The number of hydrogen-bond acceptors (Lipinski definition) is 4. The van der Waals surface area contributed by atoms with E-state index in [2.05, 4.69) is 14.7 Å². The minimum atomic E-state index is -1.29. The Labute approximate surface area is 156 Å². The molecule has 0 unspecified atom stereocenters. The van der Waals surface area contributed by atoms with Gasteiger partial charge in [-0.15, -0.1) is 0 Å². The Bertz CT molecular complexity index is 683. The van der Waals surface area contributed by atoms with Gasteiger partial charge in [0.1, 0.15) is 6.61 Å². The van der Waals surface area contributed by atoms with Gasteiger partial charge in [0.05, 0.1) is 22.2 Å². The van der Waals surface area contributed by atoms with Crippen molar-refractivity contribution in [2.24, 2.45) is 17.0 Å². The molecule has 142 valence electrons. The predicted molar refractivity (Wildman–Crippen MR) is 101 cm³/mol. The first-order valence-corrected chi connectivity index (χ1v) is 9.84. The Morgan fingerprint density at radius 3 is 2.73 bits per heavy atom. The lowest BCUT2D eigenvalue weighted by Gasteiger charge is -2.24. The summed E-state index contributed by atoms with van der Waals surface area (Å²) in [6, 6.07) is 9.24. The van der Waals surface area contributed by atoms with E-state index in [1.165, 1.54) is 0 Å². The van der Waals surface area contributed by atoms with Crippen LogP contribution in [-0.4, -0.2) is 27.5 Å². The van der Waals surface area contributed by atoms with Gasteiger partial charge in [-0.05, 0) is 50.1 Å². The van der Waals surface area contributed by atoms with Crippen molar-refractivity contribution < 1.29 is 13.7 Å². The average molecular weight is 378 g/mol. The van der Waals surface area contributed by atoms with E-state index in [0.717, 1.165) is 12.0 Å². The van der Waals surface area contributed by atoms with E-state index < -0.39 is 15.7 Å². The lowest BCUT2D eigenvalue weighted by atomic mass is 10.1. The van der Waals surface area contributed by atoms with Crippen LogP contribution >= 0.6 is 0 Å². The molecular weight excluding hydrogens is 352 g/mol. The van der Waals surface area contributed by atoms with Gasteiger partial charge in [0.2, 0.25) is 0 Å². The summed E-state index contributed by atoms with van der Waals surface area (Å²) in [5.41, 5.74) is 9.39. The quantitative estimate of drug-likeness (QED) is 0.308. The number of benzene rings is 1. The molecule has 8 heteroatoms. The molecule has 26 heavy (non-hydrogen) atoms. The van der Waals surface area contributed by atoms with Crippen LogP contribution < -0.4 is 4.72 Å². The molecule has 1 saturated carbocycles. The van der Waals surface area contributed by atoms with Gasteiger partial charge >= 0.3 is 5.97 Å². The molecule has 7 nitrogen and oxygen atoms in total. The molecule has 1 aromatic rings. The molecule has 0 aliphatic heterocycles. The van der Waals surface area contributed by atoms with E-state index >= 15 is 0 Å². The topological polar surface area (TPSA) is 104 Å². The highest BCUT2D eigenvalue weighted by atomic mass is 32.2. The lowest BCUT2D eigenvalue weighted by Crippen LogP contribution is -2.42. The normalized spacial score (nSPS) is 21.3. The first-order chi connectivity index (χ1) is 12.3. The van der Waals surface area contributed by atoms with Gasteiger partial charge in [-0.25, -0.2) is 8.93 Å². The largest absolute Gasteiger partial charge is 0.461 e. The van der Waals surface area contributed by atoms with Crippen molar-refractivity contribution in [3.63, 3.8) is 0 Å². The molecule has 0 heterocycles. The maximum Gasteiger partial charge on any atom is 0.307 e. The molecule has 0 aromatic heterocycles. The van der Waals surface area contributed by atoms with Crippen molar-refractivity contribution in [1.29, 1.82) is 0 Å². The standard InChI is InChI=1S/C18H26N4O3S/c1-18(2,3)26(24)21-16(15-9-14(15)11-20-22-19)10-17(23)25-12-13-7-5-4-6-8-13/h4-8,14-16,21H,9-12H2,1-3H3/t14-,15-,16+,26-/m0/s1. The molecular formula is C18H26N4O3S. The van der Waals surface area contributed by atoms with Gasteiger partial charge in [-0.1, -0.05) is 35.4 Å².